The molecule has 30 heavy (non-hydrogen) atoms. The van der Waals surface area contributed by atoms with Gasteiger partial charge in [-0.15, -0.1) is 11.3 Å². The summed E-state index contributed by atoms with van der Waals surface area (Å²) in [6.45, 7) is 0.169. The Bertz CT molecular complexity index is 1090. The van der Waals surface area contributed by atoms with Crippen molar-refractivity contribution in [2.45, 2.75) is 32.4 Å². The molecule has 0 bridgehead atoms. The van der Waals surface area contributed by atoms with E-state index in [1.807, 2.05) is 0 Å². The summed E-state index contributed by atoms with van der Waals surface area (Å²) in [6.07, 6.45) is 7.02. The molecule has 1 amide bonds. The Kier molecular flexibility index (Phi) is 6.06. The average Bonchev–Trinajstić information content (AvgIpc) is 3.34. The minimum absolute atomic E-state index is 0.169. The molecule has 0 radical (unpaired) electrons. The highest BCUT2D eigenvalue weighted by Gasteiger charge is 2.27. The lowest BCUT2D eigenvalue weighted by atomic mass is 9.95. The molecular formula is C21H20ClN3O4S. The molecule has 1 aliphatic carbocycles. The second kappa shape index (κ2) is 8.89. The Balaban J connectivity index is 1.51. The second-order valence-electron chi connectivity index (χ2n) is 6.86. The van der Waals surface area contributed by atoms with E-state index in [-0.39, 0.29) is 12.6 Å². The summed E-state index contributed by atoms with van der Waals surface area (Å²) < 4.78 is 12.2. The molecule has 0 aliphatic heterocycles. The van der Waals surface area contributed by atoms with E-state index in [1.165, 1.54) is 24.6 Å². The Morgan fingerprint density at radius 2 is 2.13 bits per heavy atom. The van der Waals surface area contributed by atoms with Crippen LogP contribution in [0.25, 0.3) is 0 Å². The number of anilines is 1. The van der Waals surface area contributed by atoms with Gasteiger partial charge in [-0.2, -0.15) is 5.10 Å². The molecule has 156 valence electrons. The van der Waals surface area contributed by atoms with Gasteiger partial charge in [0.15, 0.2) is 6.73 Å². The van der Waals surface area contributed by atoms with Gasteiger partial charge in [-0.3, -0.25) is 4.79 Å². The maximum absolute atomic E-state index is 12.9. The van der Waals surface area contributed by atoms with Crippen molar-refractivity contribution in [1.29, 1.82) is 0 Å². The Morgan fingerprint density at radius 3 is 2.90 bits per heavy atom. The number of amides is 1. The number of aryl methyl sites for hydroxylation is 1. The number of carbonyl (C=O) groups excluding carboxylic acids is 2. The monoisotopic (exact) mass is 445 g/mol. The van der Waals surface area contributed by atoms with Gasteiger partial charge in [-0.05, 0) is 49.4 Å². The number of benzene rings is 1. The fraction of sp³-hybridized carbons (Fsp3) is 0.286. The van der Waals surface area contributed by atoms with E-state index in [4.69, 9.17) is 21.1 Å². The number of hydrogen-bond donors (Lipinski definition) is 1. The van der Waals surface area contributed by atoms with Crippen molar-refractivity contribution in [3.8, 4) is 5.75 Å². The Labute approximate surface area is 182 Å². The SMILES string of the molecule is COC(=O)c1c(NC(=O)c2cccc(OCn3cc(Cl)cn3)c2)sc2c1CCCC2. The Morgan fingerprint density at radius 1 is 1.30 bits per heavy atom. The highest BCUT2D eigenvalue weighted by atomic mass is 35.5. The van der Waals surface area contributed by atoms with E-state index in [2.05, 4.69) is 10.4 Å². The first kappa shape index (κ1) is 20.4. The number of nitrogens with one attached hydrogen (secondary N) is 1. The fourth-order valence-corrected chi connectivity index (χ4v) is 4.85. The molecule has 7 nitrogen and oxygen atoms in total. The number of thiophene rings is 1. The van der Waals surface area contributed by atoms with Crippen LogP contribution < -0.4 is 10.1 Å². The summed E-state index contributed by atoms with van der Waals surface area (Å²) >= 11 is 7.30. The van der Waals surface area contributed by atoms with Gasteiger partial charge in [0, 0.05) is 16.6 Å². The van der Waals surface area contributed by atoms with Crippen molar-refractivity contribution < 1.29 is 19.1 Å². The molecule has 0 saturated carbocycles. The molecule has 1 aromatic carbocycles. The summed E-state index contributed by atoms with van der Waals surface area (Å²) in [5.41, 5.74) is 1.91. The van der Waals surface area contributed by atoms with Crippen molar-refractivity contribution in [1.82, 2.24) is 9.78 Å². The largest absolute Gasteiger partial charge is 0.471 e. The fourth-order valence-electron chi connectivity index (χ4n) is 3.42. The van der Waals surface area contributed by atoms with Crippen LogP contribution >= 0.6 is 22.9 Å². The van der Waals surface area contributed by atoms with Gasteiger partial charge < -0.3 is 14.8 Å². The summed E-state index contributed by atoms with van der Waals surface area (Å²) in [6, 6.07) is 6.83. The lowest BCUT2D eigenvalue weighted by Gasteiger charge is -2.12. The van der Waals surface area contributed by atoms with Crippen molar-refractivity contribution >= 4 is 39.8 Å². The standard InChI is InChI=1S/C21H20ClN3O4S/c1-28-21(27)18-16-7-2-3-8-17(16)30-20(18)24-19(26)13-5-4-6-15(9-13)29-12-25-11-14(22)10-23-25/h4-6,9-11H,2-3,7-8,12H2,1H3,(H,24,26). The van der Waals surface area contributed by atoms with Crippen molar-refractivity contribution in [3.63, 3.8) is 0 Å². The number of fused-ring (bicyclic) bond motifs is 1. The number of halogens is 1. The molecule has 1 aliphatic rings. The molecule has 2 heterocycles. The Hall–Kier alpha value is -2.84. The number of aromatic nitrogens is 2. The van der Waals surface area contributed by atoms with Crippen LogP contribution in [0.1, 0.15) is 44.0 Å². The van der Waals surface area contributed by atoms with Gasteiger partial charge >= 0.3 is 5.97 Å². The smallest absolute Gasteiger partial charge is 0.341 e. The molecule has 9 heteroatoms. The summed E-state index contributed by atoms with van der Waals surface area (Å²) in [4.78, 5) is 26.4. The van der Waals surface area contributed by atoms with Gasteiger partial charge in [0.05, 0.1) is 23.9 Å². The van der Waals surface area contributed by atoms with E-state index >= 15 is 0 Å². The molecule has 0 fully saturated rings. The predicted molar refractivity (Wildman–Crippen MR) is 115 cm³/mol. The maximum atomic E-state index is 12.9. The quantitative estimate of drug-likeness (QED) is 0.563. The normalized spacial score (nSPS) is 12.9. The first-order valence-corrected chi connectivity index (χ1v) is 10.7. The zero-order valence-electron chi connectivity index (χ0n) is 16.3. The lowest BCUT2D eigenvalue weighted by molar-refractivity contribution is 0.0601. The number of rotatable bonds is 6. The lowest BCUT2D eigenvalue weighted by Crippen LogP contribution is -2.15. The molecule has 0 saturated heterocycles. The van der Waals surface area contributed by atoms with E-state index < -0.39 is 5.97 Å². The predicted octanol–water partition coefficient (Wildman–Crippen LogP) is 4.55. The second-order valence-corrected chi connectivity index (χ2v) is 8.40. The van der Waals surface area contributed by atoms with E-state index in [1.54, 1.807) is 35.1 Å². The highest BCUT2D eigenvalue weighted by molar-refractivity contribution is 7.17. The summed E-state index contributed by atoms with van der Waals surface area (Å²) in [7, 11) is 1.36. The third-order valence-corrected chi connectivity index (χ3v) is 6.25. The molecule has 4 rings (SSSR count). The molecule has 0 atom stereocenters. The maximum Gasteiger partial charge on any atom is 0.341 e. The van der Waals surface area contributed by atoms with Crippen LogP contribution in [0, 0.1) is 0 Å². The first-order chi connectivity index (χ1) is 14.5. The zero-order valence-corrected chi connectivity index (χ0v) is 17.9. The number of hydrogen-bond acceptors (Lipinski definition) is 6. The highest BCUT2D eigenvalue weighted by Crippen LogP contribution is 2.38. The summed E-state index contributed by atoms with van der Waals surface area (Å²) in [5, 5.41) is 8.00. The van der Waals surface area contributed by atoms with Crippen molar-refractivity contribution in [3.05, 3.63) is 63.2 Å². The average molecular weight is 446 g/mol. The van der Waals surface area contributed by atoms with Crippen molar-refractivity contribution in [2.24, 2.45) is 0 Å². The van der Waals surface area contributed by atoms with E-state index in [0.717, 1.165) is 36.1 Å². The van der Waals surface area contributed by atoms with Gasteiger partial charge in [-0.25, -0.2) is 9.48 Å². The number of carbonyl (C=O) groups is 2. The first-order valence-electron chi connectivity index (χ1n) is 9.50. The van der Waals surface area contributed by atoms with Crippen LogP contribution in [-0.2, 0) is 24.3 Å². The summed E-state index contributed by atoms with van der Waals surface area (Å²) in [5.74, 6) is -0.209. The zero-order chi connectivity index (χ0) is 21.1. The van der Waals surface area contributed by atoms with Crippen LogP contribution in [0.3, 0.4) is 0 Å². The van der Waals surface area contributed by atoms with Gasteiger partial charge in [-0.1, -0.05) is 17.7 Å². The van der Waals surface area contributed by atoms with Gasteiger partial charge in [0.25, 0.3) is 5.91 Å². The van der Waals surface area contributed by atoms with E-state index in [0.29, 0.717) is 26.9 Å². The molecule has 3 aromatic rings. The third-order valence-electron chi connectivity index (χ3n) is 4.85. The van der Waals surface area contributed by atoms with Crippen LogP contribution in [0.5, 0.6) is 5.75 Å². The molecule has 2 aromatic heterocycles. The number of ether oxygens (including phenoxy) is 2. The topological polar surface area (TPSA) is 82.5 Å². The van der Waals surface area contributed by atoms with Gasteiger partial charge in [0.2, 0.25) is 0 Å². The van der Waals surface area contributed by atoms with Gasteiger partial charge in [0.1, 0.15) is 10.8 Å². The van der Waals surface area contributed by atoms with Crippen molar-refractivity contribution in [2.75, 3.05) is 12.4 Å². The molecule has 0 spiro atoms. The minimum Gasteiger partial charge on any atom is -0.471 e. The minimum atomic E-state index is -0.417. The van der Waals surface area contributed by atoms with Crippen LogP contribution in [0.4, 0.5) is 5.00 Å². The molecule has 1 N–H and O–H groups in total. The van der Waals surface area contributed by atoms with Crippen LogP contribution in [-0.4, -0.2) is 28.8 Å². The molecule has 0 unspecified atom stereocenters. The van der Waals surface area contributed by atoms with E-state index in [9.17, 15) is 9.59 Å². The molecular weight excluding hydrogens is 426 g/mol. The number of esters is 1. The van der Waals surface area contributed by atoms with Crippen LogP contribution in [0.15, 0.2) is 36.7 Å². The number of methoxy groups -OCH3 is 1. The van der Waals surface area contributed by atoms with Crippen LogP contribution in [0.2, 0.25) is 5.02 Å². The third kappa shape index (κ3) is 4.34. The number of nitrogens with zero attached hydrogens (tertiary/aromatic N) is 2.